The predicted molar refractivity (Wildman–Crippen MR) is 282 cm³/mol. The van der Waals surface area contributed by atoms with Gasteiger partial charge in [-0.15, -0.1) is 0 Å². The van der Waals surface area contributed by atoms with Gasteiger partial charge in [-0.2, -0.15) is 0 Å². The lowest BCUT2D eigenvalue weighted by Crippen LogP contribution is -2.46. The van der Waals surface area contributed by atoms with Crippen molar-refractivity contribution in [1.82, 2.24) is 5.32 Å². The van der Waals surface area contributed by atoms with E-state index >= 15 is 0 Å². The summed E-state index contributed by atoms with van der Waals surface area (Å²) in [6.45, 7) is 6.21. The van der Waals surface area contributed by atoms with E-state index in [9.17, 15) is 19.8 Å². The minimum atomic E-state index is -0.816. The van der Waals surface area contributed by atoms with Gasteiger partial charge in [-0.25, -0.2) is 0 Å². The van der Waals surface area contributed by atoms with Crippen molar-refractivity contribution in [3.05, 3.63) is 122 Å². The first-order valence-corrected chi connectivity index (χ1v) is 26.3. The number of rotatable bonds is 45. The molecule has 0 aliphatic rings. The Hall–Kier alpha value is -3.74. The fraction of sp³-hybridized carbons (Fsp3) is 0.627. The number of amides is 1. The third kappa shape index (κ3) is 46.6. The Morgan fingerprint density at radius 3 is 1.28 bits per heavy atom. The Morgan fingerprint density at radius 1 is 0.462 bits per heavy atom. The average molecular weight is 900 g/mol. The molecule has 6 nitrogen and oxygen atoms in total. The number of unbranched alkanes of at least 4 members (excludes halogenated alkanes) is 13. The van der Waals surface area contributed by atoms with Crippen molar-refractivity contribution in [1.29, 1.82) is 0 Å². The van der Waals surface area contributed by atoms with E-state index in [0.717, 1.165) is 122 Å². The topological polar surface area (TPSA) is 95.9 Å². The van der Waals surface area contributed by atoms with Crippen molar-refractivity contribution in [2.24, 2.45) is 0 Å². The predicted octanol–water partition coefficient (Wildman–Crippen LogP) is 16.1. The quantitative estimate of drug-likeness (QED) is 0.0321. The molecule has 1 amide bonds. The van der Waals surface area contributed by atoms with Crippen LogP contribution in [-0.2, 0) is 14.3 Å². The summed E-state index contributed by atoms with van der Waals surface area (Å²) in [4.78, 5) is 26.2. The highest BCUT2D eigenvalue weighted by atomic mass is 16.5. The van der Waals surface area contributed by atoms with Crippen LogP contribution in [0.15, 0.2) is 122 Å². The molecular formula is C59H97NO5. The van der Waals surface area contributed by atoms with Crippen LogP contribution >= 0.6 is 0 Å². The van der Waals surface area contributed by atoms with Gasteiger partial charge in [0, 0.05) is 6.42 Å². The second-order valence-electron chi connectivity index (χ2n) is 17.2. The summed E-state index contributed by atoms with van der Waals surface area (Å²) in [5.74, 6) is -0.580. The standard InChI is InChI=1S/C59H97NO5/c1-4-7-10-13-16-19-22-24-26-28-29-31-33-35-37-40-43-46-49-52-59(64)65-55(50-47-44-41-38-36-34-32-30-27-25-23-20-17-14-11-8-5-2)53-58(63)60-56(54-61)57(62)51-48-45-42-39-21-18-15-12-9-6-3/h7-8,10-11,16-17,19-20,24-27,29,31-32,34-35,37-38,41,55-57,61-62H,4-6,9,12-15,18,21-23,28,30,33,36,39-40,42-54H2,1-3H3,(H,60,63)/b10-7-,11-8-,19-16-,20-17-,26-24-,27-25-,31-29-,34-32-,37-35-,41-38-. The van der Waals surface area contributed by atoms with Gasteiger partial charge in [0.25, 0.3) is 0 Å². The van der Waals surface area contributed by atoms with Gasteiger partial charge in [-0.3, -0.25) is 9.59 Å². The van der Waals surface area contributed by atoms with E-state index in [1.807, 2.05) is 0 Å². The molecule has 368 valence electrons. The first-order chi connectivity index (χ1) is 32.0. The van der Waals surface area contributed by atoms with Crippen LogP contribution in [0.5, 0.6) is 0 Å². The fourth-order valence-electron chi connectivity index (χ4n) is 7.13. The zero-order valence-corrected chi connectivity index (χ0v) is 41.8. The average Bonchev–Trinajstić information content (AvgIpc) is 3.30. The van der Waals surface area contributed by atoms with Gasteiger partial charge < -0.3 is 20.3 Å². The Kier molecular flexibility index (Phi) is 48.3. The molecule has 3 unspecified atom stereocenters. The van der Waals surface area contributed by atoms with Crippen LogP contribution in [0.1, 0.15) is 213 Å². The van der Waals surface area contributed by atoms with Crippen LogP contribution < -0.4 is 5.32 Å². The molecule has 0 saturated carbocycles. The monoisotopic (exact) mass is 900 g/mol. The van der Waals surface area contributed by atoms with E-state index in [2.05, 4.69) is 148 Å². The molecule has 0 rings (SSSR count). The Labute approximate surface area is 400 Å². The van der Waals surface area contributed by atoms with Crippen molar-refractivity contribution in [3.8, 4) is 0 Å². The molecule has 0 heterocycles. The fourth-order valence-corrected chi connectivity index (χ4v) is 7.13. The van der Waals surface area contributed by atoms with Crippen molar-refractivity contribution in [3.63, 3.8) is 0 Å². The molecule has 3 N–H and O–H groups in total. The van der Waals surface area contributed by atoms with Crippen molar-refractivity contribution in [2.45, 2.75) is 232 Å². The van der Waals surface area contributed by atoms with Gasteiger partial charge >= 0.3 is 5.97 Å². The molecule has 0 saturated heterocycles. The zero-order valence-electron chi connectivity index (χ0n) is 41.8. The van der Waals surface area contributed by atoms with E-state index in [1.54, 1.807) is 0 Å². The number of nitrogens with one attached hydrogen (secondary N) is 1. The van der Waals surface area contributed by atoms with Crippen LogP contribution in [0, 0.1) is 0 Å². The lowest BCUT2D eigenvalue weighted by molar-refractivity contribution is -0.151. The molecule has 0 bridgehead atoms. The first-order valence-electron chi connectivity index (χ1n) is 26.3. The number of allylic oxidation sites excluding steroid dienone is 20. The van der Waals surface area contributed by atoms with E-state index in [1.165, 1.54) is 44.9 Å². The second kappa shape index (κ2) is 51.2. The summed E-state index contributed by atoms with van der Waals surface area (Å²) in [6, 6.07) is -0.735. The lowest BCUT2D eigenvalue weighted by Gasteiger charge is -2.24. The van der Waals surface area contributed by atoms with Gasteiger partial charge in [0.05, 0.1) is 25.2 Å². The summed E-state index contributed by atoms with van der Waals surface area (Å²) in [5, 5.41) is 23.7. The maximum atomic E-state index is 13.2. The summed E-state index contributed by atoms with van der Waals surface area (Å²) >= 11 is 0. The SMILES string of the molecule is CC/C=C\C/C=C\C/C=C\C/C=C\C/C=C\CCCCCC(=O)OC(CCC/C=C\C/C=C\C/C=C\C/C=C\C/C=C\CC)CC(=O)NC(CO)C(O)CCCCCCCCCCCC. The summed E-state index contributed by atoms with van der Waals surface area (Å²) in [5.41, 5.74) is 0. The number of aliphatic hydroxyl groups excluding tert-OH is 2. The molecular weight excluding hydrogens is 803 g/mol. The highest BCUT2D eigenvalue weighted by molar-refractivity contribution is 5.77. The smallest absolute Gasteiger partial charge is 0.306 e. The number of aliphatic hydroxyl groups is 2. The van der Waals surface area contributed by atoms with Crippen molar-refractivity contribution in [2.75, 3.05) is 6.61 Å². The number of hydrogen-bond donors (Lipinski definition) is 3. The van der Waals surface area contributed by atoms with Crippen LogP contribution in [0.4, 0.5) is 0 Å². The maximum Gasteiger partial charge on any atom is 0.306 e. The number of ether oxygens (including phenoxy) is 1. The minimum Gasteiger partial charge on any atom is -0.462 e. The first kappa shape index (κ1) is 61.3. The maximum absolute atomic E-state index is 13.2. The van der Waals surface area contributed by atoms with E-state index in [-0.39, 0.29) is 24.9 Å². The molecule has 65 heavy (non-hydrogen) atoms. The van der Waals surface area contributed by atoms with Gasteiger partial charge in [0.1, 0.15) is 6.10 Å². The van der Waals surface area contributed by atoms with Crippen molar-refractivity contribution < 1.29 is 24.5 Å². The molecule has 0 aromatic heterocycles. The third-order valence-electron chi connectivity index (χ3n) is 11.0. The van der Waals surface area contributed by atoms with E-state index < -0.39 is 18.2 Å². The largest absolute Gasteiger partial charge is 0.462 e. The zero-order chi connectivity index (χ0) is 47.4. The lowest BCUT2D eigenvalue weighted by atomic mass is 10.0. The van der Waals surface area contributed by atoms with Crippen molar-refractivity contribution >= 4 is 11.9 Å². The number of carbonyl (C=O) groups excluding carboxylic acids is 2. The normalized spacial score (nSPS) is 14.2. The van der Waals surface area contributed by atoms with Gasteiger partial charge in [-0.1, -0.05) is 213 Å². The minimum absolute atomic E-state index is 0.0168. The molecule has 0 aliphatic heterocycles. The summed E-state index contributed by atoms with van der Waals surface area (Å²) in [7, 11) is 0. The Morgan fingerprint density at radius 2 is 0.846 bits per heavy atom. The van der Waals surface area contributed by atoms with Gasteiger partial charge in [0.2, 0.25) is 5.91 Å². The third-order valence-corrected chi connectivity index (χ3v) is 11.0. The van der Waals surface area contributed by atoms with Gasteiger partial charge in [0.15, 0.2) is 0 Å². The number of hydrogen-bond acceptors (Lipinski definition) is 5. The van der Waals surface area contributed by atoms with Crippen LogP contribution in [0.3, 0.4) is 0 Å². The molecule has 0 spiro atoms. The molecule has 6 heteroatoms. The molecule has 0 aliphatic carbocycles. The highest BCUT2D eigenvalue weighted by Crippen LogP contribution is 2.16. The number of esters is 1. The van der Waals surface area contributed by atoms with Crippen LogP contribution in [-0.4, -0.2) is 46.9 Å². The molecule has 3 atom stereocenters. The van der Waals surface area contributed by atoms with E-state index in [0.29, 0.717) is 19.3 Å². The highest BCUT2D eigenvalue weighted by Gasteiger charge is 2.24. The molecule has 0 radical (unpaired) electrons. The Bertz CT molecular complexity index is 1380. The van der Waals surface area contributed by atoms with Gasteiger partial charge in [-0.05, 0) is 109 Å². The van der Waals surface area contributed by atoms with E-state index in [4.69, 9.17) is 4.74 Å². The molecule has 0 aromatic rings. The number of carbonyl (C=O) groups is 2. The summed E-state index contributed by atoms with van der Waals surface area (Å²) in [6.07, 6.45) is 71.2. The summed E-state index contributed by atoms with van der Waals surface area (Å²) < 4.78 is 5.90. The molecule has 0 fully saturated rings. The Balaban J connectivity index is 4.78. The second-order valence-corrected chi connectivity index (χ2v) is 17.2. The molecule has 0 aromatic carbocycles. The van der Waals surface area contributed by atoms with Crippen LogP contribution in [0.2, 0.25) is 0 Å². The van der Waals surface area contributed by atoms with Crippen LogP contribution in [0.25, 0.3) is 0 Å².